The standard InChI is InChI=1S/C31H30F3NO2/c32-31(33,34)22-13-11-21(12-14-22)29(37)27-25(19-7-2-1-3-8-19)26-23(35-28(27)20-9-4-5-10-20)17-30(15-6-16-30)18-24(26)36/h1-3,7-8,11-14,20,25,35H,4-6,9-10,15-18H2. The topological polar surface area (TPSA) is 46.2 Å². The lowest BCUT2D eigenvalue weighted by molar-refractivity contribution is -0.137. The number of hydrogen-bond acceptors (Lipinski definition) is 3. The van der Waals surface area contributed by atoms with Crippen LogP contribution >= 0.6 is 0 Å². The van der Waals surface area contributed by atoms with Crippen molar-refractivity contribution < 1.29 is 22.8 Å². The zero-order chi connectivity index (χ0) is 25.8. The average Bonchev–Trinajstić information content (AvgIpc) is 3.41. The van der Waals surface area contributed by atoms with Gasteiger partial charge >= 0.3 is 6.18 Å². The molecule has 2 aromatic rings. The van der Waals surface area contributed by atoms with E-state index in [0.717, 1.165) is 80.5 Å². The van der Waals surface area contributed by atoms with E-state index in [9.17, 15) is 22.8 Å². The van der Waals surface area contributed by atoms with Crippen LogP contribution in [0.2, 0.25) is 0 Å². The van der Waals surface area contributed by atoms with Crippen molar-refractivity contribution >= 4 is 11.6 Å². The molecular weight excluding hydrogens is 475 g/mol. The molecule has 2 aromatic carbocycles. The van der Waals surface area contributed by atoms with Gasteiger partial charge in [-0.05, 0) is 61.1 Å². The van der Waals surface area contributed by atoms with E-state index in [1.165, 1.54) is 12.1 Å². The molecule has 3 nitrogen and oxygen atoms in total. The van der Waals surface area contributed by atoms with Gasteiger partial charge in [0.25, 0.3) is 0 Å². The van der Waals surface area contributed by atoms with Crippen molar-refractivity contribution in [1.29, 1.82) is 0 Å². The van der Waals surface area contributed by atoms with Crippen LogP contribution in [0.15, 0.2) is 77.1 Å². The Morgan fingerprint density at radius 1 is 0.892 bits per heavy atom. The first-order valence-electron chi connectivity index (χ1n) is 13.3. The summed E-state index contributed by atoms with van der Waals surface area (Å²) in [7, 11) is 0. The van der Waals surface area contributed by atoms with Gasteiger partial charge in [-0.2, -0.15) is 13.2 Å². The molecule has 0 radical (unpaired) electrons. The predicted molar refractivity (Wildman–Crippen MR) is 135 cm³/mol. The Balaban J connectivity index is 1.50. The summed E-state index contributed by atoms with van der Waals surface area (Å²) in [6, 6.07) is 14.1. The second-order valence-electron chi connectivity index (χ2n) is 11.2. The molecule has 1 spiro atoms. The first-order valence-corrected chi connectivity index (χ1v) is 13.3. The highest BCUT2D eigenvalue weighted by Crippen LogP contribution is 2.56. The Morgan fingerprint density at radius 3 is 2.16 bits per heavy atom. The third kappa shape index (κ3) is 4.24. The minimum absolute atomic E-state index is 0.0277. The first-order chi connectivity index (χ1) is 17.8. The summed E-state index contributed by atoms with van der Waals surface area (Å²) in [5.74, 6) is -0.568. The van der Waals surface area contributed by atoms with E-state index >= 15 is 0 Å². The van der Waals surface area contributed by atoms with Crippen molar-refractivity contribution in [2.24, 2.45) is 11.3 Å². The molecule has 6 heteroatoms. The van der Waals surface area contributed by atoms with Crippen LogP contribution in [0.1, 0.15) is 85.2 Å². The largest absolute Gasteiger partial charge is 0.416 e. The minimum atomic E-state index is -4.47. The lowest BCUT2D eigenvalue weighted by Crippen LogP contribution is -2.44. The van der Waals surface area contributed by atoms with Crippen molar-refractivity contribution in [2.75, 3.05) is 0 Å². The summed E-state index contributed by atoms with van der Waals surface area (Å²) in [6.45, 7) is 0. The SMILES string of the molecule is O=C1CC2(CCC2)CC2=C1C(c1ccccc1)C(C(=O)c1ccc(C(F)(F)F)cc1)=C(C1CCCC1)N2. The normalized spacial score (nSPS) is 23.6. The van der Waals surface area contributed by atoms with E-state index in [1.807, 2.05) is 30.3 Å². The molecule has 0 bridgehead atoms. The zero-order valence-corrected chi connectivity index (χ0v) is 20.7. The van der Waals surface area contributed by atoms with E-state index in [4.69, 9.17) is 0 Å². The molecule has 6 rings (SSSR count). The molecule has 4 aliphatic rings. The summed E-state index contributed by atoms with van der Waals surface area (Å²) in [5, 5.41) is 3.62. The van der Waals surface area contributed by atoms with E-state index in [0.29, 0.717) is 17.6 Å². The van der Waals surface area contributed by atoms with Gasteiger partial charge in [-0.1, -0.05) is 61.7 Å². The van der Waals surface area contributed by atoms with Gasteiger partial charge in [0.05, 0.1) is 5.56 Å². The molecule has 2 saturated carbocycles. The molecule has 1 unspecified atom stereocenters. The molecule has 0 aromatic heterocycles. The number of benzene rings is 2. The summed E-state index contributed by atoms with van der Waals surface area (Å²) in [5.41, 5.74) is 3.35. The van der Waals surface area contributed by atoms with E-state index in [2.05, 4.69) is 5.32 Å². The maximum Gasteiger partial charge on any atom is 0.416 e. The highest BCUT2D eigenvalue weighted by atomic mass is 19.4. The average molecular weight is 506 g/mol. The molecule has 1 N–H and O–H groups in total. The van der Waals surface area contributed by atoms with Gasteiger partial charge in [0, 0.05) is 40.4 Å². The molecule has 2 fully saturated rings. The fourth-order valence-corrected chi connectivity index (χ4v) is 6.88. The molecular formula is C31H30F3NO2. The molecule has 1 atom stereocenters. The Bertz CT molecular complexity index is 1290. The van der Waals surface area contributed by atoms with Gasteiger partial charge in [0.1, 0.15) is 0 Å². The number of hydrogen-bond donors (Lipinski definition) is 1. The summed E-state index contributed by atoms with van der Waals surface area (Å²) in [4.78, 5) is 27.9. The Labute approximate surface area is 214 Å². The number of ketones is 2. The van der Waals surface area contributed by atoms with Crippen LogP contribution in [0.25, 0.3) is 0 Å². The quantitative estimate of drug-likeness (QED) is 0.438. The highest BCUT2D eigenvalue weighted by molar-refractivity contribution is 6.13. The fraction of sp³-hybridized carbons (Fsp3) is 0.419. The number of carbonyl (C=O) groups excluding carboxylic acids is 2. The molecule has 3 aliphatic carbocycles. The number of rotatable bonds is 4. The predicted octanol–water partition coefficient (Wildman–Crippen LogP) is 7.51. The monoisotopic (exact) mass is 505 g/mol. The maximum absolute atomic E-state index is 14.2. The second kappa shape index (κ2) is 9.00. The van der Waals surface area contributed by atoms with Crippen molar-refractivity contribution in [3.8, 4) is 0 Å². The lowest BCUT2D eigenvalue weighted by atomic mass is 9.58. The van der Waals surface area contributed by atoms with E-state index in [1.54, 1.807) is 0 Å². The van der Waals surface area contributed by atoms with Gasteiger partial charge in [-0.15, -0.1) is 0 Å². The lowest BCUT2D eigenvalue weighted by Gasteiger charge is -2.48. The Morgan fingerprint density at radius 2 is 1.57 bits per heavy atom. The van der Waals surface area contributed by atoms with Gasteiger partial charge in [0.2, 0.25) is 0 Å². The van der Waals surface area contributed by atoms with Crippen LogP contribution in [0.3, 0.4) is 0 Å². The molecule has 37 heavy (non-hydrogen) atoms. The zero-order valence-electron chi connectivity index (χ0n) is 20.7. The molecule has 192 valence electrons. The number of alkyl halides is 3. The van der Waals surface area contributed by atoms with Gasteiger partial charge in [0.15, 0.2) is 11.6 Å². The second-order valence-corrected chi connectivity index (χ2v) is 11.2. The third-order valence-electron chi connectivity index (χ3n) is 8.90. The van der Waals surface area contributed by atoms with E-state index in [-0.39, 0.29) is 28.5 Å². The molecule has 1 aliphatic heterocycles. The van der Waals surface area contributed by atoms with Crippen molar-refractivity contribution in [1.82, 2.24) is 5.32 Å². The van der Waals surface area contributed by atoms with Crippen LogP contribution < -0.4 is 5.32 Å². The summed E-state index contributed by atoms with van der Waals surface area (Å²) in [6.07, 6.45) is 4.13. The number of carbonyl (C=O) groups is 2. The smallest absolute Gasteiger partial charge is 0.361 e. The Hall–Kier alpha value is -3.15. The van der Waals surface area contributed by atoms with Crippen LogP contribution in [0, 0.1) is 11.3 Å². The van der Waals surface area contributed by atoms with Crippen LogP contribution in [-0.2, 0) is 11.0 Å². The van der Waals surface area contributed by atoms with Crippen molar-refractivity contribution in [3.63, 3.8) is 0 Å². The third-order valence-corrected chi connectivity index (χ3v) is 8.90. The van der Waals surface area contributed by atoms with Crippen LogP contribution in [-0.4, -0.2) is 11.6 Å². The number of dihydropyridines is 1. The first kappa shape index (κ1) is 24.2. The minimum Gasteiger partial charge on any atom is -0.361 e. The fourth-order valence-electron chi connectivity index (χ4n) is 6.88. The van der Waals surface area contributed by atoms with Crippen molar-refractivity contribution in [3.05, 3.63) is 93.8 Å². The van der Waals surface area contributed by atoms with Crippen molar-refractivity contribution in [2.45, 2.75) is 69.9 Å². The van der Waals surface area contributed by atoms with Gasteiger partial charge < -0.3 is 5.32 Å². The molecule has 1 heterocycles. The van der Waals surface area contributed by atoms with Crippen LogP contribution in [0.4, 0.5) is 13.2 Å². The molecule has 0 saturated heterocycles. The highest BCUT2D eigenvalue weighted by Gasteiger charge is 2.49. The number of Topliss-reactive ketones (excluding diaryl/α,β-unsaturated/α-hetero) is 2. The number of allylic oxidation sites excluding steroid dienone is 4. The number of halogens is 3. The Kier molecular flexibility index (Phi) is 5.89. The van der Waals surface area contributed by atoms with Crippen LogP contribution in [0.5, 0.6) is 0 Å². The molecule has 0 amide bonds. The summed E-state index contributed by atoms with van der Waals surface area (Å²) < 4.78 is 39.6. The van der Waals surface area contributed by atoms with Gasteiger partial charge in [-0.25, -0.2) is 0 Å². The number of nitrogens with one attached hydrogen (secondary N) is 1. The maximum atomic E-state index is 14.2. The summed E-state index contributed by atoms with van der Waals surface area (Å²) >= 11 is 0. The van der Waals surface area contributed by atoms with Gasteiger partial charge in [-0.3, -0.25) is 9.59 Å². The van der Waals surface area contributed by atoms with E-state index < -0.39 is 17.7 Å².